The van der Waals surface area contributed by atoms with Crippen LogP contribution in [0.3, 0.4) is 0 Å². The van der Waals surface area contributed by atoms with Crippen molar-refractivity contribution in [3.63, 3.8) is 0 Å². The molecule has 1 aliphatic rings. The molecule has 41 heavy (non-hydrogen) atoms. The quantitative estimate of drug-likeness (QED) is 0.111. The number of rotatable bonds is 12. The number of nitrogens with zero attached hydrogens (tertiary/aromatic N) is 2. The smallest absolute Gasteiger partial charge is 0.339 e. The Morgan fingerprint density at radius 2 is 1.76 bits per heavy atom. The zero-order valence-corrected chi connectivity index (χ0v) is 24.8. The second-order valence-electron chi connectivity index (χ2n) is 9.45. The number of hydrazone groups is 1. The van der Waals surface area contributed by atoms with Gasteiger partial charge in [0, 0.05) is 28.4 Å². The summed E-state index contributed by atoms with van der Waals surface area (Å²) in [6, 6.07) is 16.8. The standard InChI is InChI=1S/C30H30Cl2N4O4S/c1-2-3-4-5-15-36-26-13-11-22(41-16-14-19-6-8-20(9-7-19)29(38)39)18-23(26)27(28(36)37)34-35-30(40)33-21-10-12-24(31)25(32)17-21/h6-13,17-18H,2-5,14-16H2,1H3,(H,38,39)(H2,33,35,40)/b34-27+. The summed E-state index contributed by atoms with van der Waals surface area (Å²) in [5.74, 6) is -0.444. The number of urea groups is 1. The Balaban J connectivity index is 1.47. The number of benzene rings is 3. The van der Waals surface area contributed by atoms with Gasteiger partial charge in [-0.1, -0.05) is 61.5 Å². The summed E-state index contributed by atoms with van der Waals surface area (Å²) in [6.07, 6.45) is 4.84. The van der Waals surface area contributed by atoms with Gasteiger partial charge in [0.2, 0.25) is 0 Å². The van der Waals surface area contributed by atoms with E-state index in [0.29, 0.717) is 27.8 Å². The number of aromatic carboxylic acids is 1. The monoisotopic (exact) mass is 612 g/mol. The number of unbranched alkanes of at least 4 members (excludes halogenated alkanes) is 3. The van der Waals surface area contributed by atoms with Crippen LogP contribution in [0.5, 0.6) is 0 Å². The molecule has 1 aliphatic heterocycles. The molecular weight excluding hydrogens is 583 g/mol. The number of aryl methyl sites for hydroxylation is 1. The third kappa shape index (κ3) is 8.03. The lowest BCUT2D eigenvalue weighted by Gasteiger charge is -2.17. The maximum Gasteiger partial charge on any atom is 0.339 e. The van der Waals surface area contributed by atoms with Crippen molar-refractivity contribution in [3.8, 4) is 0 Å². The van der Waals surface area contributed by atoms with Crippen molar-refractivity contribution in [3.05, 3.63) is 87.4 Å². The van der Waals surface area contributed by atoms with Gasteiger partial charge in [0.05, 0.1) is 21.3 Å². The zero-order chi connectivity index (χ0) is 29.4. The number of carboxylic acid groups (broad SMARTS) is 1. The predicted octanol–water partition coefficient (Wildman–Crippen LogP) is 7.48. The molecule has 4 rings (SSSR count). The largest absolute Gasteiger partial charge is 0.478 e. The molecule has 3 N–H and O–H groups in total. The molecular formula is C30H30Cl2N4O4S. The normalized spacial score (nSPS) is 13.4. The average Bonchev–Trinajstić information content (AvgIpc) is 3.21. The van der Waals surface area contributed by atoms with Crippen LogP contribution in [-0.4, -0.2) is 41.0 Å². The maximum atomic E-state index is 13.4. The van der Waals surface area contributed by atoms with Crippen LogP contribution in [0.4, 0.5) is 16.2 Å². The van der Waals surface area contributed by atoms with Crippen LogP contribution in [0.15, 0.2) is 70.7 Å². The lowest BCUT2D eigenvalue weighted by molar-refractivity contribution is -0.112. The summed E-state index contributed by atoms with van der Waals surface area (Å²) in [5.41, 5.74) is 5.77. The van der Waals surface area contributed by atoms with Crippen LogP contribution in [0, 0.1) is 0 Å². The highest BCUT2D eigenvalue weighted by molar-refractivity contribution is 7.99. The highest BCUT2D eigenvalue weighted by Gasteiger charge is 2.34. The van der Waals surface area contributed by atoms with E-state index in [-0.39, 0.29) is 17.2 Å². The van der Waals surface area contributed by atoms with Crippen LogP contribution in [0.1, 0.15) is 54.1 Å². The number of halogens is 2. The Bertz CT molecular complexity index is 1460. The minimum absolute atomic E-state index is 0.173. The van der Waals surface area contributed by atoms with Gasteiger partial charge < -0.3 is 15.3 Å². The molecule has 11 heteroatoms. The first kappa shape index (κ1) is 30.4. The van der Waals surface area contributed by atoms with E-state index in [1.807, 2.05) is 30.3 Å². The van der Waals surface area contributed by atoms with Crippen molar-refractivity contribution in [1.82, 2.24) is 5.43 Å². The Hall–Kier alpha value is -3.53. The average molecular weight is 614 g/mol. The van der Waals surface area contributed by atoms with E-state index in [1.165, 1.54) is 6.07 Å². The molecule has 0 aliphatic carbocycles. The van der Waals surface area contributed by atoms with Gasteiger partial charge in [-0.3, -0.25) is 4.79 Å². The SMILES string of the molecule is CCCCCCN1C(=O)/C(=N/NC(=O)Nc2ccc(Cl)c(Cl)c2)c2cc(SCCc3ccc(C(=O)O)cc3)ccc21. The van der Waals surface area contributed by atoms with Gasteiger partial charge in [-0.2, -0.15) is 5.10 Å². The number of nitrogens with one attached hydrogen (secondary N) is 2. The number of carbonyl (C=O) groups is 3. The van der Waals surface area contributed by atoms with Crippen LogP contribution in [0.25, 0.3) is 0 Å². The second-order valence-corrected chi connectivity index (χ2v) is 11.4. The molecule has 3 amide bonds. The Morgan fingerprint density at radius 1 is 0.976 bits per heavy atom. The molecule has 0 saturated heterocycles. The fourth-order valence-corrected chi connectivity index (χ4v) is 5.59. The number of hydrogen-bond acceptors (Lipinski definition) is 5. The van der Waals surface area contributed by atoms with Crippen molar-refractivity contribution in [2.45, 2.75) is 43.9 Å². The van der Waals surface area contributed by atoms with Crippen molar-refractivity contribution in [2.24, 2.45) is 5.10 Å². The van der Waals surface area contributed by atoms with E-state index in [4.69, 9.17) is 28.3 Å². The van der Waals surface area contributed by atoms with Gasteiger partial charge in [-0.15, -0.1) is 11.8 Å². The topological polar surface area (TPSA) is 111 Å². The molecule has 0 saturated carbocycles. The first-order valence-corrected chi connectivity index (χ1v) is 15.0. The molecule has 0 unspecified atom stereocenters. The summed E-state index contributed by atoms with van der Waals surface area (Å²) in [7, 11) is 0. The minimum Gasteiger partial charge on any atom is -0.478 e. The first-order chi connectivity index (χ1) is 19.8. The number of fused-ring (bicyclic) bond motifs is 1. The first-order valence-electron chi connectivity index (χ1n) is 13.3. The summed E-state index contributed by atoms with van der Waals surface area (Å²) >= 11 is 13.6. The van der Waals surface area contributed by atoms with Gasteiger partial charge in [-0.05, 0) is 66.9 Å². The number of thioether (sulfide) groups is 1. The summed E-state index contributed by atoms with van der Waals surface area (Å²) < 4.78 is 0. The van der Waals surface area contributed by atoms with Crippen LogP contribution in [-0.2, 0) is 11.2 Å². The Morgan fingerprint density at radius 3 is 2.46 bits per heavy atom. The molecule has 0 atom stereocenters. The number of carboxylic acids is 1. The van der Waals surface area contributed by atoms with E-state index in [1.54, 1.807) is 40.9 Å². The summed E-state index contributed by atoms with van der Waals surface area (Å²) in [5, 5.41) is 16.6. The van der Waals surface area contributed by atoms with Gasteiger partial charge in [0.1, 0.15) is 0 Å². The number of carbonyl (C=O) groups excluding carboxylic acids is 2. The van der Waals surface area contributed by atoms with Gasteiger partial charge >= 0.3 is 12.0 Å². The van der Waals surface area contributed by atoms with Crippen molar-refractivity contribution in [1.29, 1.82) is 0 Å². The molecule has 3 aromatic rings. The minimum atomic E-state index is -0.947. The zero-order valence-electron chi connectivity index (χ0n) is 22.5. The van der Waals surface area contributed by atoms with E-state index < -0.39 is 12.0 Å². The van der Waals surface area contributed by atoms with E-state index >= 15 is 0 Å². The molecule has 0 fully saturated rings. The lowest BCUT2D eigenvalue weighted by atomic mass is 10.1. The molecule has 3 aromatic carbocycles. The molecule has 1 heterocycles. The van der Waals surface area contributed by atoms with Crippen molar-refractivity contribution in [2.75, 3.05) is 22.5 Å². The van der Waals surface area contributed by atoms with Gasteiger partial charge in [0.25, 0.3) is 5.91 Å². The van der Waals surface area contributed by atoms with Crippen LogP contribution >= 0.6 is 35.0 Å². The highest BCUT2D eigenvalue weighted by Crippen LogP contribution is 2.34. The molecule has 0 spiro atoms. The second kappa shape index (κ2) is 14.4. The van der Waals surface area contributed by atoms with E-state index in [9.17, 15) is 14.4 Å². The summed E-state index contributed by atoms with van der Waals surface area (Å²) in [6.45, 7) is 2.71. The van der Waals surface area contributed by atoms with E-state index in [0.717, 1.165) is 54.0 Å². The third-order valence-electron chi connectivity index (χ3n) is 6.50. The van der Waals surface area contributed by atoms with Crippen molar-refractivity contribution >= 4 is 70.0 Å². The Labute approximate surface area is 253 Å². The number of amides is 3. The molecule has 0 bridgehead atoms. The van der Waals surface area contributed by atoms with Crippen LogP contribution < -0.4 is 15.6 Å². The van der Waals surface area contributed by atoms with Gasteiger partial charge in [-0.25, -0.2) is 15.0 Å². The predicted molar refractivity (Wildman–Crippen MR) is 166 cm³/mol. The Kier molecular flexibility index (Phi) is 10.7. The molecule has 0 aromatic heterocycles. The number of hydrogen-bond donors (Lipinski definition) is 3. The fourth-order valence-electron chi connectivity index (χ4n) is 4.35. The van der Waals surface area contributed by atoms with Gasteiger partial charge in [0.15, 0.2) is 5.71 Å². The molecule has 8 nitrogen and oxygen atoms in total. The third-order valence-corrected chi connectivity index (χ3v) is 8.24. The maximum absolute atomic E-state index is 13.4. The number of anilines is 2. The van der Waals surface area contributed by atoms with Crippen molar-refractivity contribution < 1.29 is 19.5 Å². The van der Waals surface area contributed by atoms with Crippen LogP contribution in [0.2, 0.25) is 10.0 Å². The fraction of sp³-hybridized carbons (Fsp3) is 0.267. The highest BCUT2D eigenvalue weighted by atomic mass is 35.5. The molecule has 214 valence electrons. The summed E-state index contributed by atoms with van der Waals surface area (Å²) in [4.78, 5) is 39.7. The molecule has 0 radical (unpaired) electrons. The van der Waals surface area contributed by atoms with E-state index in [2.05, 4.69) is 22.8 Å². The lowest BCUT2D eigenvalue weighted by Crippen LogP contribution is -2.33.